The fraction of sp³-hybridized carbons (Fsp3) is 0.438. The highest BCUT2D eigenvalue weighted by Crippen LogP contribution is 2.24. The van der Waals surface area contributed by atoms with E-state index in [1.807, 2.05) is 0 Å². The summed E-state index contributed by atoms with van der Waals surface area (Å²) in [7, 11) is 0. The minimum absolute atomic E-state index is 0.576. The number of imidazole rings is 1. The number of nitrogens with one attached hydrogen (secondary N) is 2. The van der Waals surface area contributed by atoms with Gasteiger partial charge in [-0.15, -0.1) is 0 Å². The maximum atomic E-state index is 4.79. The largest absolute Gasteiger partial charge is 0.346 e. The van der Waals surface area contributed by atoms with Crippen LogP contribution in [0.2, 0.25) is 0 Å². The molecular weight excluding hydrogens is 314 g/mol. The smallest absolute Gasteiger partial charge is 0.108 e. The summed E-state index contributed by atoms with van der Waals surface area (Å²) in [5, 5.41) is 3.58. The van der Waals surface area contributed by atoms with Crippen molar-refractivity contribution in [1.82, 2.24) is 15.3 Å². The van der Waals surface area contributed by atoms with Crippen molar-refractivity contribution in [2.75, 3.05) is 6.54 Å². The molecule has 2 heterocycles. The SMILES string of the molecule is Cc1[nH]c(CC2CCCCN2)nc1-c1ccc(Br)cc1. The molecule has 0 aliphatic carbocycles. The fourth-order valence-electron chi connectivity index (χ4n) is 2.84. The van der Waals surface area contributed by atoms with Crippen LogP contribution in [0, 0.1) is 6.92 Å². The fourth-order valence-corrected chi connectivity index (χ4v) is 3.10. The number of aromatic amines is 1. The van der Waals surface area contributed by atoms with Crippen molar-refractivity contribution in [2.45, 2.75) is 38.6 Å². The van der Waals surface area contributed by atoms with Crippen molar-refractivity contribution in [1.29, 1.82) is 0 Å². The summed E-state index contributed by atoms with van der Waals surface area (Å²) in [6.07, 6.45) is 4.89. The molecule has 0 amide bonds. The third-order valence-electron chi connectivity index (χ3n) is 3.90. The molecule has 1 aliphatic rings. The number of halogens is 1. The van der Waals surface area contributed by atoms with Crippen molar-refractivity contribution in [3.05, 3.63) is 40.3 Å². The normalized spacial score (nSPS) is 19.2. The Morgan fingerprint density at radius 2 is 2.05 bits per heavy atom. The van der Waals surface area contributed by atoms with Crippen LogP contribution < -0.4 is 5.32 Å². The summed E-state index contributed by atoms with van der Waals surface area (Å²) in [4.78, 5) is 8.24. The van der Waals surface area contributed by atoms with Gasteiger partial charge in [0.05, 0.1) is 5.69 Å². The summed E-state index contributed by atoms with van der Waals surface area (Å²) in [6.45, 7) is 3.24. The Balaban J connectivity index is 1.78. The molecule has 3 rings (SSSR count). The predicted octanol–water partition coefficient (Wildman–Crippen LogP) is 3.83. The van der Waals surface area contributed by atoms with Crippen LogP contribution in [0.3, 0.4) is 0 Å². The van der Waals surface area contributed by atoms with E-state index in [0.717, 1.165) is 34.7 Å². The zero-order valence-corrected chi connectivity index (χ0v) is 13.3. The van der Waals surface area contributed by atoms with Crippen molar-refractivity contribution in [3.63, 3.8) is 0 Å². The molecule has 3 nitrogen and oxygen atoms in total. The van der Waals surface area contributed by atoms with Gasteiger partial charge in [0.25, 0.3) is 0 Å². The van der Waals surface area contributed by atoms with Crippen LogP contribution in [0.15, 0.2) is 28.7 Å². The number of hydrogen-bond donors (Lipinski definition) is 2. The average Bonchev–Trinajstić information content (AvgIpc) is 2.81. The molecule has 1 saturated heterocycles. The zero-order valence-electron chi connectivity index (χ0n) is 11.7. The van der Waals surface area contributed by atoms with Crippen LogP contribution in [-0.4, -0.2) is 22.6 Å². The lowest BCUT2D eigenvalue weighted by Crippen LogP contribution is -2.35. The molecule has 0 spiro atoms. The lowest BCUT2D eigenvalue weighted by molar-refractivity contribution is 0.395. The molecule has 2 N–H and O–H groups in total. The van der Waals surface area contributed by atoms with Gasteiger partial charge in [0, 0.05) is 28.2 Å². The van der Waals surface area contributed by atoms with E-state index in [4.69, 9.17) is 4.98 Å². The number of benzene rings is 1. The molecule has 1 aromatic carbocycles. The Bertz CT molecular complexity index is 568. The molecule has 1 aromatic heterocycles. The number of aryl methyl sites for hydroxylation is 1. The Morgan fingerprint density at radius 1 is 1.25 bits per heavy atom. The van der Waals surface area contributed by atoms with Crippen LogP contribution >= 0.6 is 15.9 Å². The van der Waals surface area contributed by atoms with Gasteiger partial charge < -0.3 is 10.3 Å². The highest BCUT2D eigenvalue weighted by molar-refractivity contribution is 9.10. The number of rotatable bonds is 3. The second-order valence-electron chi connectivity index (χ2n) is 5.51. The Kier molecular flexibility index (Phi) is 4.22. The molecule has 2 aromatic rings. The van der Waals surface area contributed by atoms with Gasteiger partial charge >= 0.3 is 0 Å². The van der Waals surface area contributed by atoms with E-state index in [0.29, 0.717) is 6.04 Å². The topological polar surface area (TPSA) is 40.7 Å². The van der Waals surface area contributed by atoms with Crippen molar-refractivity contribution in [2.24, 2.45) is 0 Å². The molecule has 20 heavy (non-hydrogen) atoms. The summed E-state index contributed by atoms with van der Waals surface area (Å²) in [5.74, 6) is 1.10. The summed E-state index contributed by atoms with van der Waals surface area (Å²) < 4.78 is 1.10. The van der Waals surface area contributed by atoms with E-state index < -0.39 is 0 Å². The Labute approximate surface area is 128 Å². The van der Waals surface area contributed by atoms with Gasteiger partial charge in [-0.2, -0.15) is 0 Å². The first-order valence-electron chi connectivity index (χ1n) is 7.27. The van der Waals surface area contributed by atoms with Crippen molar-refractivity contribution < 1.29 is 0 Å². The van der Waals surface area contributed by atoms with E-state index in [1.54, 1.807) is 0 Å². The zero-order chi connectivity index (χ0) is 13.9. The first kappa shape index (κ1) is 13.8. The van der Waals surface area contributed by atoms with Crippen LogP contribution in [0.4, 0.5) is 0 Å². The number of aromatic nitrogens is 2. The maximum absolute atomic E-state index is 4.79. The van der Waals surface area contributed by atoms with E-state index in [2.05, 4.69) is 57.4 Å². The number of H-pyrrole nitrogens is 1. The molecule has 0 bridgehead atoms. The molecule has 1 aliphatic heterocycles. The standard InChI is InChI=1S/C16H20BrN3/c1-11-16(12-5-7-13(17)8-6-12)20-15(19-11)10-14-4-2-3-9-18-14/h5-8,14,18H,2-4,9-10H2,1H3,(H,19,20). The third-order valence-corrected chi connectivity index (χ3v) is 4.43. The third kappa shape index (κ3) is 3.13. The summed E-state index contributed by atoms with van der Waals surface area (Å²) >= 11 is 3.47. The van der Waals surface area contributed by atoms with Crippen LogP contribution in [-0.2, 0) is 6.42 Å². The van der Waals surface area contributed by atoms with Gasteiger partial charge in [-0.1, -0.05) is 34.5 Å². The van der Waals surface area contributed by atoms with Gasteiger partial charge in [0.2, 0.25) is 0 Å². The highest BCUT2D eigenvalue weighted by Gasteiger charge is 2.16. The minimum Gasteiger partial charge on any atom is -0.346 e. The lowest BCUT2D eigenvalue weighted by Gasteiger charge is -2.22. The van der Waals surface area contributed by atoms with Gasteiger partial charge in [-0.25, -0.2) is 4.98 Å². The molecule has 1 unspecified atom stereocenters. The number of nitrogens with zero attached hydrogens (tertiary/aromatic N) is 1. The van der Waals surface area contributed by atoms with E-state index in [9.17, 15) is 0 Å². The van der Waals surface area contributed by atoms with Crippen LogP contribution in [0.25, 0.3) is 11.3 Å². The molecule has 0 radical (unpaired) electrons. The molecule has 4 heteroatoms. The van der Waals surface area contributed by atoms with Crippen molar-refractivity contribution in [3.8, 4) is 11.3 Å². The Hall–Kier alpha value is -1.13. The number of piperidine rings is 1. The van der Waals surface area contributed by atoms with Crippen LogP contribution in [0.5, 0.6) is 0 Å². The van der Waals surface area contributed by atoms with Crippen LogP contribution in [0.1, 0.15) is 30.8 Å². The average molecular weight is 334 g/mol. The number of hydrogen-bond acceptors (Lipinski definition) is 2. The summed E-state index contributed by atoms with van der Waals surface area (Å²) in [5.41, 5.74) is 3.39. The van der Waals surface area contributed by atoms with E-state index >= 15 is 0 Å². The maximum Gasteiger partial charge on any atom is 0.108 e. The molecule has 1 atom stereocenters. The van der Waals surface area contributed by atoms with Crippen molar-refractivity contribution >= 4 is 15.9 Å². The monoisotopic (exact) mass is 333 g/mol. The molecule has 106 valence electrons. The first-order chi connectivity index (χ1) is 9.72. The second kappa shape index (κ2) is 6.10. The first-order valence-corrected chi connectivity index (χ1v) is 8.06. The van der Waals surface area contributed by atoms with Gasteiger partial charge in [0.15, 0.2) is 0 Å². The minimum atomic E-state index is 0.576. The molecular formula is C16H20BrN3. The summed E-state index contributed by atoms with van der Waals surface area (Å²) in [6, 6.07) is 8.91. The lowest BCUT2D eigenvalue weighted by atomic mass is 10.0. The van der Waals surface area contributed by atoms with Gasteiger partial charge in [-0.3, -0.25) is 0 Å². The quantitative estimate of drug-likeness (QED) is 0.896. The van der Waals surface area contributed by atoms with Gasteiger partial charge in [-0.05, 0) is 38.4 Å². The van der Waals surface area contributed by atoms with E-state index in [-0.39, 0.29) is 0 Å². The molecule has 1 fully saturated rings. The van der Waals surface area contributed by atoms with Gasteiger partial charge in [0.1, 0.15) is 5.82 Å². The molecule has 0 saturated carbocycles. The second-order valence-corrected chi connectivity index (χ2v) is 6.43. The predicted molar refractivity (Wildman–Crippen MR) is 85.8 cm³/mol. The Morgan fingerprint density at radius 3 is 2.75 bits per heavy atom. The van der Waals surface area contributed by atoms with E-state index in [1.165, 1.54) is 24.8 Å². The highest BCUT2D eigenvalue weighted by atomic mass is 79.9.